The molecule has 5 nitrogen and oxygen atoms in total. The van der Waals surface area contributed by atoms with E-state index in [9.17, 15) is 4.39 Å². The van der Waals surface area contributed by atoms with Gasteiger partial charge < -0.3 is 5.73 Å². The number of hydrogen-bond donors (Lipinski definition) is 1. The number of nitriles is 4. The molecule has 0 unspecified atom stereocenters. The predicted molar refractivity (Wildman–Crippen MR) is 49.7 cm³/mol. The van der Waals surface area contributed by atoms with E-state index in [1.54, 1.807) is 0 Å². The van der Waals surface area contributed by atoms with Crippen molar-refractivity contribution in [3.8, 4) is 24.3 Å². The van der Waals surface area contributed by atoms with E-state index in [4.69, 9.17) is 26.8 Å². The summed E-state index contributed by atoms with van der Waals surface area (Å²) in [5, 5.41) is 34.7. The normalized spacial score (nSPS) is 8.31. The number of hydrogen-bond acceptors (Lipinski definition) is 5. The van der Waals surface area contributed by atoms with Gasteiger partial charge in [0.15, 0.2) is 5.82 Å². The monoisotopic (exact) mass is 211 g/mol. The van der Waals surface area contributed by atoms with Crippen molar-refractivity contribution in [1.82, 2.24) is 0 Å². The van der Waals surface area contributed by atoms with Gasteiger partial charge in [-0.05, 0) is 0 Å². The second-order valence-corrected chi connectivity index (χ2v) is 2.67. The van der Waals surface area contributed by atoms with Crippen molar-refractivity contribution < 1.29 is 4.39 Å². The molecule has 1 aromatic rings. The molecule has 0 aromatic heterocycles. The molecule has 0 amide bonds. The number of anilines is 1. The SMILES string of the molecule is N#Cc1c(N)c(C#N)c(C#N)c(F)c1C#N. The van der Waals surface area contributed by atoms with Gasteiger partial charge in [-0.2, -0.15) is 21.0 Å². The number of halogens is 1. The Morgan fingerprint density at radius 3 is 1.31 bits per heavy atom. The molecule has 1 rings (SSSR count). The molecule has 2 N–H and O–H groups in total. The van der Waals surface area contributed by atoms with Crippen LogP contribution in [0.2, 0.25) is 0 Å². The van der Waals surface area contributed by atoms with Gasteiger partial charge in [-0.15, -0.1) is 0 Å². The highest BCUT2D eigenvalue weighted by Gasteiger charge is 2.22. The van der Waals surface area contributed by atoms with Crippen LogP contribution in [-0.2, 0) is 0 Å². The summed E-state index contributed by atoms with van der Waals surface area (Å²) in [6.07, 6.45) is 0. The van der Waals surface area contributed by atoms with Crippen LogP contribution in [0.5, 0.6) is 0 Å². The van der Waals surface area contributed by atoms with Gasteiger partial charge >= 0.3 is 0 Å². The summed E-state index contributed by atoms with van der Waals surface area (Å²) in [6, 6.07) is 5.95. The summed E-state index contributed by atoms with van der Waals surface area (Å²) in [4.78, 5) is 0. The number of nitrogens with two attached hydrogens (primary N) is 1. The highest BCUT2D eigenvalue weighted by atomic mass is 19.1. The van der Waals surface area contributed by atoms with E-state index in [1.807, 2.05) is 0 Å². The summed E-state index contributed by atoms with van der Waals surface area (Å²) in [7, 11) is 0. The quantitative estimate of drug-likeness (QED) is 0.638. The first-order chi connectivity index (χ1) is 7.62. The molecule has 0 aliphatic carbocycles. The van der Waals surface area contributed by atoms with E-state index in [0.29, 0.717) is 0 Å². The number of rotatable bonds is 0. The van der Waals surface area contributed by atoms with Gasteiger partial charge in [-0.3, -0.25) is 0 Å². The lowest BCUT2D eigenvalue weighted by Gasteiger charge is -2.05. The average molecular weight is 211 g/mol. The molecule has 16 heavy (non-hydrogen) atoms. The molecule has 0 saturated carbocycles. The van der Waals surface area contributed by atoms with Gasteiger partial charge in [0.1, 0.15) is 35.4 Å². The predicted octanol–water partition coefficient (Wildman–Crippen LogP) is 0.895. The van der Waals surface area contributed by atoms with Crippen LogP contribution in [-0.4, -0.2) is 0 Å². The van der Waals surface area contributed by atoms with Crippen molar-refractivity contribution in [3.05, 3.63) is 28.1 Å². The Bertz CT molecular complexity index is 524. The Morgan fingerprint density at radius 2 is 1.06 bits per heavy atom. The molecular weight excluding hydrogens is 209 g/mol. The first-order valence-electron chi connectivity index (χ1n) is 3.87. The molecule has 0 spiro atoms. The first kappa shape index (κ1) is 11.0. The van der Waals surface area contributed by atoms with E-state index in [-0.39, 0.29) is 5.69 Å². The van der Waals surface area contributed by atoms with Crippen LogP contribution in [0.1, 0.15) is 22.3 Å². The molecule has 1 aromatic carbocycles. The molecule has 0 aliphatic rings. The van der Waals surface area contributed by atoms with E-state index in [1.165, 1.54) is 24.3 Å². The fourth-order valence-electron chi connectivity index (χ4n) is 1.18. The van der Waals surface area contributed by atoms with Crippen LogP contribution in [0.3, 0.4) is 0 Å². The van der Waals surface area contributed by atoms with E-state index < -0.39 is 28.1 Å². The van der Waals surface area contributed by atoms with Crippen LogP contribution >= 0.6 is 0 Å². The molecule has 6 heteroatoms. The fourth-order valence-corrected chi connectivity index (χ4v) is 1.18. The van der Waals surface area contributed by atoms with Crippen LogP contribution in [0, 0.1) is 51.1 Å². The molecule has 0 bridgehead atoms. The zero-order chi connectivity index (χ0) is 12.3. The second-order valence-electron chi connectivity index (χ2n) is 2.67. The largest absolute Gasteiger partial charge is 0.397 e. The van der Waals surface area contributed by atoms with Crippen molar-refractivity contribution in [3.63, 3.8) is 0 Å². The second kappa shape index (κ2) is 3.96. The van der Waals surface area contributed by atoms with E-state index in [0.717, 1.165) is 0 Å². The maximum atomic E-state index is 13.5. The molecule has 74 valence electrons. The van der Waals surface area contributed by atoms with Crippen LogP contribution in [0.4, 0.5) is 10.1 Å². The van der Waals surface area contributed by atoms with Gasteiger partial charge in [0.05, 0.1) is 16.8 Å². The number of nitrogens with zero attached hydrogens (tertiary/aromatic N) is 4. The Kier molecular flexibility index (Phi) is 2.72. The third kappa shape index (κ3) is 1.28. The summed E-state index contributed by atoms with van der Waals surface area (Å²) in [5.74, 6) is -1.19. The lowest BCUT2D eigenvalue weighted by molar-refractivity contribution is 0.619. The Labute approximate surface area is 90.0 Å². The summed E-state index contributed by atoms with van der Waals surface area (Å²) in [5.41, 5.74) is 2.99. The molecular formula is C10H2FN5. The molecule has 0 aliphatic heterocycles. The van der Waals surface area contributed by atoms with Gasteiger partial charge in [-0.25, -0.2) is 4.39 Å². The van der Waals surface area contributed by atoms with E-state index in [2.05, 4.69) is 0 Å². The average Bonchev–Trinajstić information content (AvgIpc) is 2.30. The third-order valence-electron chi connectivity index (χ3n) is 1.92. The summed E-state index contributed by atoms with van der Waals surface area (Å²) < 4.78 is 13.5. The van der Waals surface area contributed by atoms with Gasteiger partial charge in [0.25, 0.3) is 0 Å². The molecule has 0 heterocycles. The van der Waals surface area contributed by atoms with Crippen LogP contribution < -0.4 is 5.73 Å². The minimum atomic E-state index is -1.19. The van der Waals surface area contributed by atoms with Crippen molar-refractivity contribution in [2.45, 2.75) is 0 Å². The van der Waals surface area contributed by atoms with E-state index >= 15 is 0 Å². The minimum Gasteiger partial charge on any atom is -0.397 e. The topological polar surface area (TPSA) is 121 Å². The minimum absolute atomic E-state index is 0.348. The van der Waals surface area contributed by atoms with Crippen LogP contribution in [0.25, 0.3) is 0 Å². The highest BCUT2D eigenvalue weighted by Crippen LogP contribution is 2.27. The Balaban J connectivity index is 3.98. The molecule has 0 fully saturated rings. The molecule has 0 atom stereocenters. The maximum absolute atomic E-state index is 13.5. The van der Waals surface area contributed by atoms with Crippen molar-refractivity contribution >= 4 is 5.69 Å². The Morgan fingerprint density at radius 1 is 0.750 bits per heavy atom. The Hall–Kier alpha value is -3.09. The molecule has 0 radical (unpaired) electrons. The van der Waals surface area contributed by atoms with Gasteiger partial charge in [0.2, 0.25) is 0 Å². The standard InChI is InChI=1S/C10H2FN5/c11-9-5(1-12)7(3-14)10(16)8(4-15)6(9)2-13/h16H2. The summed E-state index contributed by atoms with van der Waals surface area (Å²) >= 11 is 0. The summed E-state index contributed by atoms with van der Waals surface area (Å²) in [6.45, 7) is 0. The fraction of sp³-hybridized carbons (Fsp3) is 0. The lowest BCUT2D eigenvalue weighted by atomic mass is 9.97. The highest BCUT2D eigenvalue weighted by molar-refractivity contribution is 5.73. The van der Waals surface area contributed by atoms with Gasteiger partial charge in [0, 0.05) is 0 Å². The lowest BCUT2D eigenvalue weighted by Crippen LogP contribution is -2.05. The van der Waals surface area contributed by atoms with Crippen molar-refractivity contribution in [2.24, 2.45) is 0 Å². The molecule has 0 saturated heterocycles. The van der Waals surface area contributed by atoms with Crippen molar-refractivity contribution in [2.75, 3.05) is 5.73 Å². The van der Waals surface area contributed by atoms with Gasteiger partial charge in [-0.1, -0.05) is 0 Å². The zero-order valence-electron chi connectivity index (χ0n) is 7.74. The smallest absolute Gasteiger partial charge is 0.161 e. The van der Waals surface area contributed by atoms with Crippen LogP contribution in [0.15, 0.2) is 0 Å². The maximum Gasteiger partial charge on any atom is 0.161 e. The van der Waals surface area contributed by atoms with Crippen molar-refractivity contribution in [1.29, 1.82) is 21.0 Å². The number of nitrogen functional groups attached to an aromatic ring is 1. The first-order valence-corrected chi connectivity index (χ1v) is 3.87. The zero-order valence-corrected chi connectivity index (χ0v) is 7.74. The number of benzene rings is 1. The third-order valence-corrected chi connectivity index (χ3v) is 1.92.